The summed E-state index contributed by atoms with van der Waals surface area (Å²) in [6.45, 7) is 7.88. The number of pyridine rings is 1. The average Bonchev–Trinajstić information content (AvgIpc) is 3.29. The molecule has 0 aliphatic carbocycles. The van der Waals surface area contributed by atoms with Gasteiger partial charge in [0.25, 0.3) is 0 Å². The van der Waals surface area contributed by atoms with E-state index in [2.05, 4.69) is 48.4 Å². The maximum absolute atomic E-state index is 11.8. The summed E-state index contributed by atoms with van der Waals surface area (Å²) in [6, 6.07) is 3.21. The largest absolute Gasteiger partial charge is 0.341 e. The molecule has 36 heavy (non-hydrogen) atoms. The summed E-state index contributed by atoms with van der Waals surface area (Å²) in [6.07, 6.45) is 12.5. The molecule has 0 spiro atoms. The van der Waals surface area contributed by atoms with Gasteiger partial charge in [0.1, 0.15) is 0 Å². The molecule has 0 amide bonds. The lowest BCUT2D eigenvalue weighted by Crippen LogP contribution is -2.39. The summed E-state index contributed by atoms with van der Waals surface area (Å²) in [5.74, 6) is 2.10. The van der Waals surface area contributed by atoms with Crippen molar-refractivity contribution in [2.75, 3.05) is 29.6 Å². The van der Waals surface area contributed by atoms with Gasteiger partial charge in [0, 0.05) is 61.9 Å². The molecule has 1 aliphatic rings. The lowest BCUT2D eigenvalue weighted by Gasteiger charge is -2.36. The molecule has 0 saturated carbocycles. The monoisotopic (exact) mass is 506 g/mol. The van der Waals surface area contributed by atoms with Crippen LogP contribution in [0.25, 0.3) is 5.65 Å². The highest BCUT2D eigenvalue weighted by Crippen LogP contribution is 2.35. The Balaban J connectivity index is 1.37. The first-order valence-electron chi connectivity index (χ1n) is 12.1. The molecule has 2 unspecified atom stereocenters. The maximum Gasteiger partial charge on any atom is 0.225 e. The molecule has 2 atom stereocenters. The Morgan fingerprint density at radius 2 is 1.89 bits per heavy atom. The van der Waals surface area contributed by atoms with Gasteiger partial charge in [-0.05, 0) is 43.4 Å². The van der Waals surface area contributed by atoms with Crippen LogP contribution < -0.4 is 10.2 Å². The van der Waals surface area contributed by atoms with E-state index < -0.39 is 9.84 Å². The number of sulfone groups is 1. The van der Waals surface area contributed by atoms with Crippen LogP contribution in [0.5, 0.6) is 0 Å². The molecule has 1 aliphatic heterocycles. The number of anilines is 3. The average molecular weight is 507 g/mol. The summed E-state index contributed by atoms with van der Waals surface area (Å²) < 4.78 is 25.7. The van der Waals surface area contributed by atoms with Gasteiger partial charge in [-0.15, -0.1) is 0 Å². The Kier molecular flexibility index (Phi) is 6.33. The van der Waals surface area contributed by atoms with Gasteiger partial charge in [-0.1, -0.05) is 13.8 Å². The Morgan fingerprint density at radius 3 is 2.56 bits per heavy atom. The van der Waals surface area contributed by atoms with Gasteiger partial charge < -0.3 is 10.2 Å². The lowest BCUT2D eigenvalue weighted by molar-refractivity contribution is 0.372. The molecule has 5 rings (SSSR count). The van der Waals surface area contributed by atoms with E-state index in [1.165, 1.54) is 6.07 Å². The summed E-state index contributed by atoms with van der Waals surface area (Å²) in [4.78, 5) is 24.8. The number of aromatic nitrogens is 6. The van der Waals surface area contributed by atoms with Crippen LogP contribution in [0.15, 0.2) is 48.1 Å². The zero-order valence-electron chi connectivity index (χ0n) is 20.9. The van der Waals surface area contributed by atoms with Gasteiger partial charge in [-0.25, -0.2) is 33.3 Å². The molecule has 1 N–H and O–H groups in total. The number of hydrogen-bond acceptors (Lipinski definition) is 9. The number of fused-ring (bicyclic) bond motifs is 1. The van der Waals surface area contributed by atoms with Crippen LogP contribution in [0.4, 0.5) is 17.5 Å². The summed E-state index contributed by atoms with van der Waals surface area (Å²) in [5, 5.41) is 3.33. The van der Waals surface area contributed by atoms with Crippen molar-refractivity contribution in [2.45, 2.75) is 44.6 Å². The van der Waals surface area contributed by atoms with Gasteiger partial charge in [0.05, 0.1) is 11.4 Å². The van der Waals surface area contributed by atoms with E-state index in [-0.39, 0.29) is 5.03 Å². The number of imidazole rings is 1. The molecule has 10 nitrogen and oxygen atoms in total. The Bertz CT molecular complexity index is 1500. The predicted molar refractivity (Wildman–Crippen MR) is 138 cm³/mol. The summed E-state index contributed by atoms with van der Waals surface area (Å²) in [5.41, 5.74) is 4.26. The lowest BCUT2D eigenvalue weighted by atomic mass is 9.84. The van der Waals surface area contributed by atoms with E-state index in [0.29, 0.717) is 34.7 Å². The van der Waals surface area contributed by atoms with E-state index >= 15 is 0 Å². The van der Waals surface area contributed by atoms with Crippen molar-refractivity contribution < 1.29 is 8.42 Å². The van der Waals surface area contributed by atoms with Crippen LogP contribution >= 0.6 is 0 Å². The number of aryl methyl sites for hydroxylation is 2. The number of piperidine rings is 1. The molecule has 4 aromatic rings. The van der Waals surface area contributed by atoms with Crippen LogP contribution in [-0.4, -0.2) is 57.1 Å². The normalized spacial score (nSPS) is 18.5. The fraction of sp³-hybridized carbons (Fsp3) is 0.400. The highest BCUT2D eigenvalue weighted by molar-refractivity contribution is 7.90. The zero-order valence-corrected chi connectivity index (χ0v) is 21.7. The third kappa shape index (κ3) is 4.62. The molecular formula is C25H30N8O2S. The molecule has 5 heterocycles. The fourth-order valence-corrected chi connectivity index (χ4v) is 5.38. The van der Waals surface area contributed by atoms with Crippen molar-refractivity contribution in [3.05, 3.63) is 60.1 Å². The van der Waals surface area contributed by atoms with Crippen LogP contribution in [0.2, 0.25) is 0 Å². The van der Waals surface area contributed by atoms with Crippen LogP contribution in [0.1, 0.15) is 43.1 Å². The number of rotatable bonds is 6. The predicted octanol–water partition coefficient (Wildman–Crippen LogP) is 3.56. The highest BCUT2D eigenvalue weighted by Gasteiger charge is 2.31. The first kappa shape index (κ1) is 24.1. The molecule has 188 valence electrons. The molecule has 11 heteroatoms. The molecule has 0 aromatic carbocycles. The second kappa shape index (κ2) is 9.45. The second-order valence-electron chi connectivity index (χ2n) is 9.40. The van der Waals surface area contributed by atoms with E-state index in [1.807, 2.05) is 24.8 Å². The Morgan fingerprint density at radius 1 is 1.11 bits per heavy atom. The quantitative estimate of drug-likeness (QED) is 0.419. The third-order valence-corrected chi connectivity index (χ3v) is 7.80. The van der Waals surface area contributed by atoms with E-state index in [0.717, 1.165) is 49.4 Å². The van der Waals surface area contributed by atoms with E-state index in [9.17, 15) is 8.42 Å². The molecule has 1 saturated heterocycles. The van der Waals surface area contributed by atoms with Crippen molar-refractivity contribution in [3.63, 3.8) is 0 Å². The van der Waals surface area contributed by atoms with Crippen LogP contribution in [0.3, 0.4) is 0 Å². The van der Waals surface area contributed by atoms with E-state index in [1.54, 1.807) is 19.2 Å². The molecule has 0 bridgehead atoms. The second-order valence-corrected chi connectivity index (χ2v) is 11.4. The minimum atomic E-state index is -3.37. The number of nitrogens with zero attached hydrogens (tertiary/aromatic N) is 7. The Hall–Kier alpha value is -3.60. The fourth-order valence-electron chi connectivity index (χ4n) is 4.77. The van der Waals surface area contributed by atoms with Crippen LogP contribution in [0, 0.1) is 12.8 Å². The summed E-state index contributed by atoms with van der Waals surface area (Å²) in [7, 11) is -3.37. The van der Waals surface area contributed by atoms with Crippen molar-refractivity contribution in [2.24, 2.45) is 5.92 Å². The van der Waals surface area contributed by atoms with Gasteiger partial charge in [-0.3, -0.25) is 4.40 Å². The smallest absolute Gasteiger partial charge is 0.225 e. The van der Waals surface area contributed by atoms with Gasteiger partial charge in [0.15, 0.2) is 26.3 Å². The van der Waals surface area contributed by atoms with Crippen LogP contribution in [-0.2, 0) is 16.3 Å². The van der Waals surface area contributed by atoms with Crippen molar-refractivity contribution >= 4 is 32.9 Å². The maximum atomic E-state index is 11.8. The molecule has 1 fully saturated rings. The van der Waals surface area contributed by atoms with Crippen molar-refractivity contribution in [3.8, 4) is 0 Å². The van der Waals surface area contributed by atoms with Gasteiger partial charge in [-0.2, -0.15) is 0 Å². The van der Waals surface area contributed by atoms with Crippen molar-refractivity contribution in [1.82, 2.24) is 29.3 Å². The zero-order chi connectivity index (χ0) is 25.4. The summed E-state index contributed by atoms with van der Waals surface area (Å²) >= 11 is 0. The Labute approximate surface area is 210 Å². The topological polar surface area (TPSA) is 118 Å². The standard InChI is InChI=1S/C25H30N8O2S/c1-5-18-12-28-25(29-13-18)32-10-8-19(16(2)15-32)21-14-27-24-23(26-9-11-33(21)24)31-20-6-7-22(30-17(20)3)36(4,34)35/h6-7,9,11-14,16,19H,5,8,10,15H2,1-4H3,(H,26,31). The van der Waals surface area contributed by atoms with Gasteiger partial charge in [0.2, 0.25) is 5.95 Å². The first-order valence-corrected chi connectivity index (χ1v) is 14.0. The number of nitrogens with one attached hydrogen (secondary N) is 1. The molecule has 4 aromatic heterocycles. The highest BCUT2D eigenvalue weighted by atomic mass is 32.2. The van der Waals surface area contributed by atoms with E-state index in [4.69, 9.17) is 4.98 Å². The molecular weight excluding hydrogens is 476 g/mol. The van der Waals surface area contributed by atoms with Crippen molar-refractivity contribution in [1.29, 1.82) is 0 Å². The number of hydrogen-bond donors (Lipinski definition) is 1. The third-order valence-electron chi connectivity index (χ3n) is 6.82. The minimum absolute atomic E-state index is 0.0480. The SMILES string of the molecule is CCc1cnc(N2CCC(c3cnc4c(Nc5ccc(S(C)(=O)=O)nc5C)nccn34)C(C)C2)nc1. The molecule has 0 radical (unpaired) electrons. The van der Waals surface area contributed by atoms with Gasteiger partial charge >= 0.3 is 0 Å². The minimum Gasteiger partial charge on any atom is -0.341 e. The first-order chi connectivity index (χ1) is 17.2.